The zero-order chi connectivity index (χ0) is 87.4. The summed E-state index contributed by atoms with van der Waals surface area (Å²) in [6, 6.07) is 40.5. The van der Waals surface area contributed by atoms with Crippen molar-refractivity contribution in [1.82, 2.24) is 26.6 Å². The van der Waals surface area contributed by atoms with E-state index in [4.69, 9.17) is 16.7 Å². The summed E-state index contributed by atoms with van der Waals surface area (Å²) in [6.45, 7) is 4.12. The maximum Gasteiger partial charge on any atom is 0.322 e. The van der Waals surface area contributed by atoms with Crippen LogP contribution in [0.3, 0.4) is 0 Å². The number of hydrogen-bond acceptors (Lipinski definition) is 19. The highest BCUT2D eigenvalue weighted by atomic mass is 127. The number of benzene rings is 10. The number of anilines is 3. The van der Waals surface area contributed by atoms with Crippen molar-refractivity contribution >= 4 is 394 Å². The lowest BCUT2D eigenvalue weighted by Crippen LogP contribution is -2.31. The number of halogens is 19. The van der Waals surface area contributed by atoms with Crippen molar-refractivity contribution in [1.29, 1.82) is 0 Å². The van der Waals surface area contributed by atoms with Crippen LogP contribution in [0.4, 0.5) is 17.1 Å². The van der Waals surface area contributed by atoms with E-state index in [1.165, 1.54) is 29.0 Å². The summed E-state index contributed by atoms with van der Waals surface area (Å²) in [6.07, 6.45) is 8.21. The maximum absolute atomic E-state index is 11.7. The Kier molecular flexibility index (Phi) is 50.6. The number of phenolic OH excluding ortho intramolecular Hbond substituents is 10. The standard InChI is InChI=1S/C18H17BrI2N2O3.C18H17ClI2N2O3.C18H18I2N2O4.C16H14I3NO2.C16H15I2NO2.2BrH.4ClH/c2*19-8-17(26)23-18-12(20)3-9(4-13(18)21)5-14-11-7-16(25)15(24)6-10(11)1-2-22-14;19-12-3-9(4-13(20)18(12)22-8-17(25)26)5-14-11-7-16(24)15(23)6-10(11)1-2-21-14;17-11-3-8(4-12(18)16(11)19)5-13-10-7-15(22)14(21)6-9(10)1-2-20-13;17-11-3-9(4-12(18)7-11)5-14-13-8-16(21)15(20)6-10(13)1-2-19-14;;;;;;/h2*3-4,6-7,14,22,24-25H,1-2,5,8H2,(H,23,26);3-4,6-7,14,21-24H,1-2,5,8H2,(H,25,26);3-4,6-7,13,20-22H,1-2,5H2;3-4,6-8,14,19-21H,1-2,5H2;6*1H. The molecule has 0 radical (unpaired) electrons. The third-order valence-corrected chi connectivity index (χ3v) is 32.7. The van der Waals surface area contributed by atoms with E-state index in [0.717, 1.165) is 208 Å². The van der Waals surface area contributed by atoms with Gasteiger partial charge >= 0.3 is 5.97 Å². The van der Waals surface area contributed by atoms with Crippen molar-refractivity contribution in [2.45, 2.75) is 94.4 Å². The first-order valence-electron chi connectivity index (χ1n) is 37.7. The number of rotatable bonds is 17. The van der Waals surface area contributed by atoms with Crippen LogP contribution in [-0.4, -0.2) is 124 Å². The summed E-state index contributed by atoms with van der Waals surface area (Å²) in [5, 5.41) is 133. The lowest BCUT2D eigenvalue weighted by molar-refractivity contribution is -0.135. The van der Waals surface area contributed by atoms with E-state index in [1.807, 2.05) is 24.3 Å². The maximum atomic E-state index is 11.7. The molecule has 688 valence electrons. The number of nitrogens with one attached hydrogen (secondary N) is 8. The number of fused-ring (bicyclic) bond motifs is 5. The van der Waals surface area contributed by atoms with Gasteiger partial charge in [0.15, 0.2) is 57.5 Å². The molecule has 5 aliphatic heterocycles. The molecule has 0 aromatic heterocycles. The molecular weight excluding hydrogens is 3180 g/mol. The Morgan fingerprint density at radius 2 is 0.551 bits per heavy atom. The fourth-order valence-corrected chi connectivity index (χ4v) is 26.1. The van der Waals surface area contributed by atoms with E-state index in [0.29, 0.717) is 0 Å². The normalized spacial score (nSPS) is 15.8. The van der Waals surface area contributed by atoms with E-state index < -0.39 is 5.97 Å². The number of carbonyl (C=O) groups is 3. The number of aromatic hydroxyl groups is 10. The van der Waals surface area contributed by atoms with Gasteiger partial charge < -0.3 is 98.7 Å². The monoisotopic (exact) mass is 3260 g/mol. The highest BCUT2D eigenvalue weighted by Gasteiger charge is 2.30. The van der Waals surface area contributed by atoms with Crippen LogP contribution in [0.25, 0.3) is 0 Å². The minimum atomic E-state index is -0.897. The third kappa shape index (κ3) is 32.4. The molecule has 0 fully saturated rings. The van der Waals surface area contributed by atoms with Crippen LogP contribution in [0.2, 0.25) is 0 Å². The van der Waals surface area contributed by atoms with E-state index >= 15 is 0 Å². The summed E-state index contributed by atoms with van der Waals surface area (Å²) in [5.74, 6) is -1.94. The molecule has 5 unspecified atom stereocenters. The molecule has 0 bridgehead atoms. The highest BCUT2D eigenvalue weighted by molar-refractivity contribution is 14.1. The van der Waals surface area contributed by atoms with Gasteiger partial charge in [0.25, 0.3) is 0 Å². The van der Waals surface area contributed by atoms with Gasteiger partial charge in [-0.3, -0.25) is 14.4 Å². The molecule has 0 saturated heterocycles. The molecule has 0 spiro atoms. The molecule has 127 heavy (non-hydrogen) atoms. The highest BCUT2D eigenvalue weighted by Crippen LogP contribution is 2.43. The van der Waals surface area contributed by atoms with Gasteiger partial charge in [0, 0.05) is 69.5 Å². The molecule has 19 N–H and O–H groups in total. The molecule has 5 aliphatic rings. The van der Waals surface area contributed by atoms with Crippen molar-refractivity contribution in [2.75, 3.05) is 66.4 Å². The third-order valence-electron chi connectivity index (χ3n) is 20.6. The molecule has 10 aromatic carbocycles. The van der Waals surface area contributed by atoms with Crippen molar-refractivity contribution < 1.29 is 70.6 Å². The number of carbonyl (C=O) groups excluding carboxylic acids is 2. The van der Waals surface area contributed by atoms with Crippen molar-refractivity contribution in [2.24, 2.45) is 0 Å². The largest absolute Gasteiger partial charge is 0.504 e. The lowest BCUT2D eigenvalue weighted by Gasteiger charge is -2.28. The van der Waals surface area contributed by atoms with Crippen LogP contribution in [-0.2, 0) is 78.6 Å². The predicted molar refractivity (Wildman–Crippen MR) is 619 cm³/mol. The fraction of sp³-hybridized carbons (Fsp3) is 0.267. The number of amides is 2. The molecule has 5 heterocycles. The Balaban J connectivity index is 0.000000279. The van der Waals surface area contributed by atoms with Crippen LogP contribution < -0.4 is 42.5 Å². The first-order chi connectivity index (χ1) is 57.6. The number of phenols is 10. The number of carboxylic acids is 1. The number of carboxylic acid groups (broad SMARTS) is 1. The van der Waals surface area contributed by atoms with Crippen molar-refractivity contribution in [3.8, 4) is 57.5 Å². The molecular formula is C86H87Br3Cl5I11N8O14. The van der Waals surface area contributed by atoms with Crippen LogP contribution in [0.5, 0.6) is 57.5 Å². The fourth-order valence-electron chi connectivity index (χ4n) is 15.0. The predicted octanol–water partition coefficient (Wildman–Crippen LogP) is 22.1. The summed E-state index contributed by atoms with van der Waals surface area (Å²) >= 11 is 33.8. The molecule has 2 amide bonds. The first kappa shape index (κ1) is 117. The Hall–Kier alpha value is -0.870. The number of aliphatic carboxylic acids is 1. The van der Waals surface area contributed by atoms with Gasteiger partial charge in [-0.1, -0.05) is 15.9 Å². The van der Waals surface area contributed by atoms with Gasteiger partial charge in [-0.25, -0.2) is 0 Å². The zero-order valence-electron chi connectivity index (χ0n) is 66.2. The van der Waals surface area contributed by atoms with Gasteiger partial charge in [-0.2, -0.15) is 0 Å². The van der Waals surface area contributed by atoms with Gasteiger partial charge in [0.2, 0.25) is 11.8 Å². The van der Waals surface area contributed by atoms with E-state index in [1.54, 1.807) is 60.7 Å². The van der Waals surface area contributed by atoms with E-state index in [2.05, 4.69) is 349 Å². The molecule has 0 saturated carbocycles. The summed E-state index contributed by atoms with van der Waals surface area (Å²) < 4.78 is 12.1. The summed E-state index contributed by atoms with van der Waals surface area (Å²) in [7, 11) is 0. The molecule has 41 heteroatoms. The molecule has 10 aromatic rings. The van der Waals surface area contributed by atoms with Crippen LogP contribution >= 0.6 is 360 Å². The van der Waals surface area contributed by atoms with E-state index in [9.17, 15) is 65.4 Å². The second-order valence-corrected chi connectivity index (χ2v) is 42.8. The number of alkyl halides is 2. The average Bonchev–Trinajstić information content (AvgIpc) is 0.807. The average molecular weight is 3270 g/mol. The quantitative estimate of drug-likeness (QED) is 0.0174. The van der Waals surface area contributed by atoms with Crippen molar-refractivity contribution in [3.63, 3.8) is 0 Å². The van der Waals surface area contributed by atoms with Crippen LogP contribution in [0.1, 0.15) is 114 Å². The molecule has 0 aliphatic carbocycles. The Morgan fingerprint density at radius 1 is 0.331 bits per heavy atom. The van der Waals surface area contributed by atoms with Gasteiger partial charge in [0.05, 0.1) is 22.4 Å². The number of hydrogen-bond donors (Lipinski definition) is 19. The van der Waals surface area contributed by atoms with Crippen LogP contribution in [0, 0.1) is 39.3 Å². The topological polar surface area (TPSA) is 370 Å². The lowest BCUT2D eigenvalue weighted by atomic mass is 9.90. The summed E-state index contributed by atoms with van der Waals surface area (Å²) in [4.78, 5) is 34.0. The first-order valence-corrected chi connectivity index (χ1v) is 51.2. The van der Waals surface area contributed by atoms with E-state index in [-0.39, 0.29) is 201 Å². The smallest absolute Gasteiger partial charge is 0.322 e. The Labute approximate surface area is 945 Å². The van der Waals surface area contributed by atoms with Gasteiger partial charge in [0.1, 0.15) is 12.4 Å². The summed E-state index contributed by atoms with van der Waals surface area (Å²) in [5.41, 5.74) is 19.0. The van der Waals surface area contributed by atoms with Crippen LogP contribution in [0.15, 0.2) is 127 Å². The molecule has 15 rings (SSSR count). The molecule has 22 nitrogen and oxygen atoms in total. The van der Waals surface area contributed by atoms with Gasteiger partial charge in [-0.15, -0.1) is 95.2 Å². The minimum Gasteiger partial charge on any atom is -0.504 e. The van der Waals surface area contributed by atoms with Gasteiger partial charge in [-0.05, 0) is 556 Å². The second-order valence-electron chi connectivity index (χ2n) is 29.1. The minimum absolute atomic E-state index is 0. The molecule has 5 atom stereocenters. The SMILES string of the molecule is Br.Br.Cl.Cl.Cl.Cl.O=C(CBr)Nc1c(I)cc(CC2NCCc3cc(O)c(O)cc32)cc1I.O=C(CCl)Nc1c(I)cc(CC2NCCc3cc(O)c(O)cc32)cc1I.O=C(O)CNc1c(I)cc(CC2NCCc3cc(O)c(O)cc32)cc1I.Oc1cc2c(cc1O)C(Cc1cc(I)c(I)c(I)c1)NCC2.Oc1cc2c(cc1O)C(Cc1cc(I)cc(I)c1)NCC2. The Morgan fingerprint density at radius 3 is 0.787 bits per heavy atom. The second kappa shape index (κ2) is 55.1. The Bertz CT molecular complexity index is 5330. The van der Waals surface area contributed by atoms with Crippen molar-refractivity contribution in [3.05, 3.63) is 250 Å². The zero-order valence-corrected chi connectivity index (χ0v) is 99.0.